The number of thiophene rings is 1. The highest BCUT2D eigenvalue weighted by Gasteiger charge is 2.32. The van der Waals surface area contributed by atoms with Gasteiger partial charge >= 0.3 is 11.9 Å². The van der Waals surface area contributed by atoms with E-state index in [1.165, 1.54) is 29.8 Å². The lowest BCUT2D eigenvalue weighted by Gasteiger charge is -2.35. The lowest BCUT2D eigenvalue weighted by Crippen LogP contribution is -2.49. The van der Waals surface area contributed by atoms with Crippen LogP contribution in [0.15, 0.2) is 67.1 Å². The van der Waals surface area contributed by atoms with Gasteiger partial charge in [-0.05, 0) is 110 Å². The van der Waals surface area contributed by atoms with Gasteiger partial charge in [0.1, 0.15) is 47.8 Å². The Morgan fingerprint density at radius 3 is 2.43 bits per heavy atom. The van der Waals surface area contributed by atoms with Crippen molar-refractivity contribution in [3.63, 3.8) is 0 Å². The lowest BCUT2D eigenvalue weighted by molar-refractivity contribution is -0.145. The van der Waals surface area contributed by atoms with Crippen molar-refractivity contribution in [2.75, 3.05) is 46.4 Å². The van der Waals surface area contributed by atoms with Crippen molar-refractivity contribution >= 4 is 62.3 Å². The highest BCUT2D eigenvalue weighted by molar-refractivity contribution is 7.22. The minimum Gasteiger partial charge on any atom is -0.490 e. The molecular formula is C50H49Cl2FN6O8S. The van der Waals surface area contributed by atoms with E-state index in [1.54, 1.807) is 42.6 Å². The van der Waals surface area contributed by atoms with E-state index < -0.39 is 30.0 Å². The second kappa shape index (κ2) is 20.4. The molecule has 354 valence electrons. The molecule has 1 saturated heterocycles. The number of piperazine rings is 1. The van der Waals surface area contributed by atoms with Gasteiger partial charge in [0.05, 0.1) is 21.1 Å². The summed E-state index contributed by atoms with van der Waals surface area (Å²) in [7, 11) is 2.10. The number of hydrogen-bond acceptors (Lipinski definition) is 13. The first-order valence-corrected chi connectivity index (χ1v) is 24.0. The number of hydrogen-bond donors (Lipinski definition) is 2. The summed E-state index contributed by atoms with van der Waals surface area (Å²) in [6.45, 7) is 7.80. The molecule has 1 fully saturated rings. The van der Waals surface area contributed by atoms with Crippen LogP contribution in [0.2, 0.25) is 10.0 Å². The summed E-state index contributed by atoms with van der Waals surface area (Å²) in [6.07, 6.45) is 4.95. The van der Waals surface area contributed by atoms with Gasteiger partial charge in [-0.25, -0.2) is 29.1 Å². The number of aliphatic carboxylic acids is 2. The fourth-order valence-electron chi connectivity index (χ4n) is 9.02. The van der Waals surface area contributed by atoms with Crippen LogP contribution in [0.25, 0.3) is 37.4 Å². The minimum absolute atomic E-state index is 0.0135. The van der Waals surface area contributed by atoms with Crippen LogP contribution in [0.4, 0.5) is 4.39 Å². The van der Waals surface area contributed by atoms with E-state index in [-0.39, 0.29) is 47.9 Å². The van der Waals surface area contributed by atoms with Crippen LogP contribution in [0, 0.1) is 25.6 Å². The standard InChI is InChI=1S/C50H49Cl2FN6O8S/c1-27-40-28(2)44(52)45(43(27)51)66-36(23-59-18-16-58(3)17-19-59)25-64-35-12-13-37(65-24-34-14-15-54-47(57-34)31-6-4-29(5-7-31)20-39(60)61)32(21-35)22-38(50(62)63)67-48-42-41(40)46(68-49(42)56-26-55-48)30-8-10-33(53)11-9-30/h6,8-15,21,26,29,36,38H,4-5,7,16-20,22-25H2,1-3H3,(H,60,61)(H,62,63)/t29-,36-,38-/m1/s1. The number of carboxylic acid groups (broad SMARTS) is 2. The largest absolute Gasteiger partial charge is 0.490 e. The molecule has 0 unspecified atom stereocenters. The van der Waals surface area contributed by atoms with Crippen LogP contribution in [-0.4, -0.2) is 110 Å². The molecule has 68 heavy (non-hydrogen) atoms. The van der Waals surface area contributed by atoms with Gasteiger partial charge < -0.3 is 34.1 Å². The molecule has 3 atom stereocenters. The third-order valence-corrected chi connectivity index (χ3v) is 14.8. The molecule has 3 aromatic carbocycles. The van der Waals surface area contributed by atoms with E-state index in [0.717, 1.165) is 38.2 Å². The molecule has 14 nitrogen and oxygen atoms in total. The van der Waals surface area contributed by atoms with Gasteiger partial charge in [0.2, 0.25) is 12.0 Å². The van der Waals surface area contributed by atoms with E-state index in [9.17, 15) is 24.2 Å². The Labute approximate surface area is 406 Å². The second-order valence-electron chi connectivity index (χ2n) is 17.5. The van der Waals surface area contributed by atoms with Crippen LogP contribution in [0.5, 0.6) is 23.1 Å². The van der Waals surface area contributed by atoms with Crippen molar-refractivity contribution in [1.29, 1.82) is 0 Å². The Bertz CT molecular complexity index is 2880. The van der Waals surface area contributed by atoms with Crippen molar-refractivity contribution in [2.24, 2.45) is 5.92 Å². The Hall–Kier alpha value is -5.91. The fourth-order valence-corrected chi connectivity index (χ4v) is 10.7. The zero-order valence-electron chi connectivity index (χ0n) is 37.6. The average Bonchev–Trinajstić information content (AvgIpc) is 3.71. The van der Waals surface area contributed by atoms with E-state index in [0.29, 0.717) is 96.6 Å². The van der Waals surface area contributed by atoms with Crippen molar-refractivity contribution in [2.45, 2.75) is 64.8 Å². The van der Waals surface area contributed by atoms with Crippen LogP contribution in [0.3, 0.4) is 0 Å². The second-order valence-corrected chi connectivity index (χ2v) is 19.2. The molecule has 0 amide bonds. The molecule has 6 aromatic rings. The predicted molar refractivity (Wildman–Crippen MR) is 258 cm³/mol. The maximum Gasteiger partial charge on any atom is 0.345 e. The summed E-state index contributed by atoms with van der Waals surface area (Å²) in [4.78, 5) is 48.8. The molecule has 1 aliphatic carbocycles. The fraction of sp³-hybridized carbons (Fsp3) is 0.360. The monoisotopic (exact) mass is 982 g/mol. The first-order valence-electron chi connectivity index (χ1n) is 22.4. The van der Waals surface area contributed by atoms with Gasteiger partial charge in [0.25, 0.3) is 0 Å². The van der Waals surface area contributed by atoms with Gasteiger partial charge in [-0.3, -0.25) is 9.69 Å². The molecule has 4 bridgehead atoms. The zero-order valence-corrected chi connectivity index (χ0v) is 40.0. The minimum atomic E-state index is -1.48. The van der Waals surface area contributed by atoms with Crippen LogP contribution in [-0.2, 0) is 22.6 Å². The summed E-state index contributed by atoms with van der Waals surface area (Å²) in [5.41, 5.74) is 5.24. The Kier molecular flexibility index (Phi) is 14.1. The predicted octanol–water partition coefficient (Wildman–Crippen LogP) is 9.58. The molecular weight excluding hydrogens is 935 g/mol. The molecule has 0 saturated carbocycles. The van der Waals surface area contributed by atoms with Crippen molar-refractivity contribution in [3.05, 3.63) is 111 Å². The highest BCUT2D eigenvalue weighted by atomic mass is 35.5. The summed E-state index contributed by atoms with van der Waals surface area (Å²) < 4.78 is 40.6. The number of carboxylic acids is 2. The third kappa shape index (κ3) is 10.2. The summed E-state index contributed by atoms with van der Waals surface area (Å²) in [5, 5.41) is 21.2. The summed E-state index contributed by atoms with van der Waals surface area (Å²) in [6, 6.07) is 13.1. The van der Waals surface area contributed by atoms with Crippen molar-refractivity contribution in [1.82, 2.24) is 29.7 Å². The average molecular weight is 984 g/mol. The van der Waals surface area contributed by atoms with Crippen LogP contribution < -0.4 is 18.9 Å². The number of halogens is 3. The van der Waals surface area contributed by atoms with E-state index in [2.05, 4.69) is 31.8 Å². The van der Waals surface area contributed by atoms with Crippen molar-refractivity contribution < 1.29 is 43.1 Å². The van der Waals surface area contributed by atoms with E-state index in [1.807, 2.05) is 19.9 Å². The Morgan fingerprint density at radius 1 is 0.956 bits per heavy atom. The smallest absolute Gasteiger partial charge is 0.345 e. The molecule has 10 rings (SSSR count). The first kappa shape index (κ1) is 47.2. The molecule has 0 spiro atoms. The number of allylic oxidation sites excluding steroid dienone is 2. The molecule has 2 N–H and O–H groups in total. The lowest BCUT2D eigenvalue weighted by atomic mass is 9.87. The quantitative estimate of drug-likeness (QED) is 0.133. The highest BCUT2D eigenvalue weighted by Crippen LogP contribution is 2.53. The number of carbonyl (C=O) groups is 2. The number of likely N-dealkylation sites (N-methyl/N-ethyl adjacent to an activating group) is 1. The van der Waals surface area contributed by atoms with E-state index in [4.69, 9.17) is 47.1 Å². The van der Waals surface area contributed by atoms with Crippen LogP contribution >= 0.6 is 34.5 Å². The molecule has 6 heterocycles. The summed E-state index contributed by atoms with van der Waals surface area (Å²) in [5.74, 6) is -0.699. The van der Waals surface area contributed by atoms with Crippen LogP contribution in [0.1, 0.15) is 53.9 Å². The number of benzene rings is 3. The van der Waals surface area contributed by atoms with Gasteiger partial charge in [0, 0.05) is 67.8 Å². The normalized spacial score (nSPS) is 19.1. The molecule has 3 aromatic heterocycles. The number of fused-ring (bicyclic) bond motifs is 7. The maximum absolute atomic E-state index is 14.4. The Morgan fingerprint density at radius 2 is 1.72 bits per heavy atom. The number of rotatable bonds is 10. The molecule has 18 heteroatoms. The third-order valence-electron chi connectivity index (χ3n) is 12.7. The zero-order chi connectivity index (χ0) is 47.6. The number of ether oxygens (including phenoxy) is 4. The molecule has 4 aliphatic rings. The molecule has 3 aliphatic heterocycles. The van der Waals surface area contributed by atoms with Gasteiger partial charge in [0.15, 0.2) is 11.6 Å². The first-order chi connectivity index (χ1) is 32.8. The van der Waals surface area contributed by atoms with Gasteiger partial charge in [-0.1, -0.05) is 41.4 Å². The topological polar surface area (TPSA) is 170 Å². The van der Waals surface area contributed by atoms with Crippen molar-refractivity contribution in [3.8, 4) is 44.7 Å². The Balaban J connectivity index is 1.13. The number of aromatic nitrogens is 4. The van der Waals surface area contributed by atoms with Gasteiger partial charge in [-0.15, -0.1) is 11.3 Å². The van der Waals surface area contributed by atoms with E-state index >= 15 is 0 Å². The SMILES string of the molecule is Cc1c(Cl)c2c(Cl)c(C)c1-c1c(-c3ccc(F)cc3)sc3ncnc(c13)O[C@@H](C(=O)O)Cc1cc(ccc1OCc1ccnc(C3=CC[C@@H](CC(=O)O)CC3)n1)OC[C@@H](CN1CCN(C)CC1)O2. The number of nitrogens with zero attached hydrogens (tertiary/aromatic N) is 6. The van der Waals surface area contributed by atoms with Gasteiger partial charge in [-0.2, -0.15) is 0 Å². The molecule has 0 radical (unpaired) electrons. The maximum atomic E-state index is 14.4. The summed E-state index contributed by atoms with van der Waals surface area (Å²) >= 11 is 16.0.